The van der Waals surface area contributed by atoms with E-state index in [-0.39, 0.29) is 11.2 Å². The molecule has 0 bridgehead atoms. The van der Waals surface area contributed by atoms with Gasteiger partial charge in [0, 0.05) is 5.69 Å². The zero-order valence-corrected chi connectivity index (χ0v) is 11.9. The van der Waals surface area contributed by atoms with E-state index in [0.29, 0.717) is 12.8 Å². The highest BCUT2D eigenvalue weighted by molar-refractivity contribution is 8.00. The summed E-state index contributed by atoms with van der Waals surface area (Å²) in [5, 5.41) is 12.2. The van der Waals surface area contributed by atoms with Crippen LogP contribution in [0.15, 0.2) is 24.3 Å². The van der Waals surface area contributed by atoms with E-state index in [0.717, 1.165) is 29.8 Å². The number of anilines is 1. The van der Waals surface area contributed by atoms with Gasteiger partial charge in [0.1, 0.15) is 0 Å². The van der Waals surface area contributed by atoms with E-state index in [4.69, 9.17) is 0 Å². The molecule has 4 nitrogen and oxygen atoms in total. The summed E-state index contributed by atoms with van der Waals surface area (Å²) in [5.41, 5.74) is 0.898. The minimum absolute atomic E-state index is 0.0552. The van der Waals surface area contributed by atoms with Gasteiger partial charge in [-0.1, -0.05) is 12.1 Å². The SMILES string of the molecule is O=C(Nc1ccc(C2(C(=O)O)CC2)cc1)C1CCCS1. The van der Waals surface area contributed by atoms with Gasteiger partial charge in [0.2, 0.25) is 5.91 Å². The summed E-state index contributed by atoms with van der Waals surface area (Å²) in [7, 11) is 0. The number of aliphatic carboxylic acids is 1. The highest BCUT2D eigenvalue weighted by atomic mass is 32.2. The van der Waals surface area contributed by atoms with Crippen LogP contribution in [0.5, 0.6) is 0 Å². The summed E-state index contributed by atoms with van der Waals surface area (Å²) in [4.78, 5) is 23.2. The van der Waals surface area contributed by atoms with Crippen molar-refractivity contribution < 1.29 is 14.7 Å². The molecule has 1 amide bonds. The Morgan fingerprint density at radius 1 is 1.25 bits per heavy atom. The molecule has 1 saturated heterocycles. The fourth-order valence-electron chi connectivity index (χ4n) is 2.63. The number of carboxylic acid groups (broad SMARTS) is 1. The van der Waals surface area contributed by atoms with E-state index in [1.54, 1.807) is 23.9 Å². The molecule has 2 N–H and O–H groups in total. The molecule has 1 atom stereocenters. The molecule has 1 aromatic rings. The number of nitrogens with one attached hydrogen (secondary N) is 1. The van der Waals surface area contributed by atoms with Crippen LogP contribution in [0.25, 0.3) is 0 Å². The van der Waals surface area contributed by atoms with Crippen molar-refractivity contribution in [3.63, 3.8) is 0 Å². The molecule has 5 heteroatoms. The maximum atomic E-state index is 12.0. The Bertz CT molecular complexity index is 531. The van der Waals surface area contributed by atoms with E-state index in [1.807, 2.05) is 12.1 Å². The third-order valence-electron chi connectivity index (χ3n) is 4.09. The lowest BCUT2D eigenvalue weighted by molar-refractivity contribution is -0.140. The van der Waals surface area contributed by atoms with Gasteiger partial charge in [-0.15, -0.1) is 11.8 Å². The van der Waals surface area contributed by atoms with Gasteiger partial charge in [-0.05, 0) is 49.1 Å². The number of hydrogen-bond acceptors (Lipinski definition) is 3. The number of benzene rings is 1. The Kier molecular flexibility index (Phi) is 3.46. The average Bonchev–Trinajstić information content (AvgIpc) is 3.07. The van der Waals surface area contributed by atoms with Gasteiger partial charge in [-0.3, -0.25) is 9.59 Å². The zero-order valence-electron chi connectivity index (χ0n) is 11.1. The lowest BCUT2D eigenvalue weighted by Gasteiger charge is -2.13. The average molecular weight is 291 g/mol. The van der Waals surface area contributed by atoms with Crippen molar-refractivity contribution in [3.05, 3.63) is 29.8 Å². The van der Waals surface area contributed by atoms with Crippen molar-refractivity contribution in [2.24, 2.45) is 0 Å². The third kappa shape index (κ3) is 2.42. The van der Waals surface area contributed by atoms with Crippen LogP contribution in [0.3, 0.4) is 0 Å². The fourth-order valence-corrected chi connectivity index (χ4v) is 3.79. The Hall–Kier alpha value is -1.49. The van der Waals surface area contributed by atoms with E-state index in [2.05, 4.69) is 5.32 Å². The molecule has 0 radical (unpaired) electrons. The van der Waals surface area contributed by atoms with Gasteiger partial charge < -0.3 is 10.4 Å². The topological polar surface area (TPSA) is 66.4 Å². The fraction of sp³-hybridized carbons (Fsp3) is 0.467. The lowest BCUT2D eigenvalue weighted by Crippen LogP contribution is -2.23. The summed E-state index contributed by atoms with van der Waals surface area (Å²) < 4.78 is 0. The number of rotatable bonds is 4. The number of thioether (sulfide) groups is 1. The predicted octanol–water partition coefficient (Wildman–Crippen LogP) is 2.64. The molecule has 1 aliphatic heterocycles. The molecule has 1 aliphatic carbocycles. The largest absolute Gasteiger partial charge is 0.481 e. The van der Waals surface area contributed by atoms with Crippen LogP contribution >= 0.6 is 11.8 Å². The molecule has 2 aliphatic rings. The molecular formula is C15H17NO3S. The van der Waals surface area contributed by atoms with Crippen molar-refractivity contribution in [3.8, 4) is 0 Å². The van der Waals surface area contributed by atoms with Crippen LogP contribution in [0.2, 0.25) is 0 Å². The Morgan fingerprint density at radius 2 is 1.95 bits per heavy atom. The first kappa shape index (κ1) is 13.5. The van der Waals surface area contributed by atoms with Crippen LogP contribution in [-0.2, 0) is 15.0 Å². The molecule has 20 heavy (non-hydrogen) atoms. The van der Waals surface area contributed by atoms with Gasteiger partial charge >= 0.3 is 5.97 Å². The van der Waals surface area contributed by atoms with Crippen LogP contribution in [0, 0.1) is 0 Å². The molecule has 2 fully saturated rings. The molecule has 3 rings (SSSR count). The van der Waals surface area contributed by atoms with Crippen LogP contribution in [0.4, 0.5) is 5.69 Å². The molecule has 0 aromatic heterocycles. The minimum atomic E-state index is -0.753. The van der Waals surface area contributed by atoms with Crippen molar-refractivity contribution >= 4 is 29.3 Å². The van der Waals surface area contributed by atoms with Gasteiger partial charge in [-0.2, -0.15) is 0 Å². The highest BCUT2D eigenvalue weighted by Crippen LogP contribution is 2.48. The third-order valence-corrected chi connectivity index (χ3v) is 5.46. The lowest BCUT2D eigenvalue weighted by atomic mass is 9.96. The second-order valence-corrected chi connectivity index (χ2v) is 6.77. The van der Waals surface area contributed by atoms with Crippen molar-refractivity contribution in [1.82, 2.24) is 0 Å². The maximum Gasteiger partial charge on any atom is 0.314 e. The zero-order chi connectivity index (χ0) is 14.2. The number of amides is 1. The molecular weight excluding hydrogens is 274 g/mol. The maximum absolute atomic E-state index is 12.0. The number of carbonyl (C=O) groups excluding carboxylic acids is 1. The van der Waals surface area contributed by atoms with Gasteiger partial charge in [0.15, 0.2) is 0 Å². The van der Waals surface area contributed by atoms with Gasteiger partial charge in [0.05, 0.1) is 10.7 Å². The first-order chi connectivity index (χ1) is 9.62. The van der Waals surface area contributed by atoms with Crippen molar-refractivity contribution in [2.75, 3.05) is 11.1 Å². The number of hydrogen-bond donors (Lipinski definition) is 2. The van der Waals surface area contributed by atoms with E-state index < -0.39 is 11.4 Å². The standard InChI is InChI=1S/C15H17NO3S/c17-13(12-2-1-9-20-12)16-11-5-3-10(4-6-11)15(7-8-15)14(18)19/h3-6,12H,1-2,7-9H2,(H,16,17)(H,18,19). The van der Waals surface area contributed by atoms with E-state index in [9.17, 15) is 14.7 Å². The smallest absolute Gasteiger partial charge is 0.314 e. The molecule has 1 heterocycles. The molecule has 1 saturated carbocycles. The summed E-state index contributed by atoms with van der Waals surface area (Å²) in [5.74, 6) is 0.356. The quantitative estimate of drug-likeness (QED) is 0.895. The highest BCUT2D eigenvalue weighted by Gasteiger charge is 2.51. The molecule has 106 valence electrons. The summed E-state index contributed by atoms with van der Waals surface area (Å²) in [6, 6.07) is 7.24. The number of carboxylic acids is 1. The first-order valence-corrected chi connectivity index (χ1v) is 7.93. The Labute approximate surface area is 121 Å². The van der Waals surface area contributed by atoms with E-state index in [1.165, 1.54) is 0 Å². The number of carbonyl (C=O) groups is 2. The monoisotopic (exact) mass is 291 g/mol. The van der Waals surface area contributed by atoms with Crippen molar-refractivity contribution in [2.45, 2.75) is 36.3 Å². The second-order valence-electron chi connectivity index (χ2n) is 5.46. The predicted molar refractivity (Wildman–Crippen MR) is 79.1 cm³/mol. The van der Waals surface area contributed by atoms with Gasteiger partial charge in [-0.25, -0.2) is 0 Å². The van der Waals surface area contributed by atoms with E-state index >= 15 is 0 Å². The molecule has 0 spiro atoms. The normalized spacial score (nSPS) is 23.3. The molecule has 1 aromatic carbocycles. The molecule has 1 unspecified atom stereocenters. The minimum Gasteiger partial charge on any atom is -0.481 e. The summed E-state index contributed by atoms with van der Waals surface area (Å²) in [6.45, 7) is 0. The Balaban J connectivity index is 1.67. The van der Waals surface area contributed by atoms with Crippen LogP contribution in [0.1, 0.15) is 31.2 Å². The van der Waals surface area contributed by atoms with Crippen LogP contribution in [-0.4, -0.2) is 28.0 Å². The first-order valence-electron chi connectivity index (χ1n) is 6.88. The summed E-state index contributed by atoms with van der Waals surface area (Å²) >= 11 is 1.70. The summed E-state index contributed by atoms with van der Waals surface area (Å²) in [6.07, 6.45) is 3.44. The second kappa shape index (κ2) is 5.13. The van der Waals surface area contributed by atoms with Gasteiger partial charge in [0.25, 0.3) is 0 Å². The Morgan fingerprint density at radius 3 is 2.45 bits per heavy atom. The van der Waals surface area contributed by atoms with Crippen LogP contribution < -0.4 is 5.32 Å². The van der Waals surface area contributed by atoms with Crippen molar-refractivity contribution in [1.29, 1.82) is 0 Å².